The Hall–Kier alpha value is -2.89. The van der Waals surface area contributed by atoms with Crippen LogP contribution in [0, 0.1) is 10.1 Å². The Balaban J connectivity index is 1.76. The lowest BCUT2D eigenvalue weighted by Crippen LogP contribution is -2.35. The number of anilines is 1. The monoisotopic (exact) mass is 497 g/mol. The van der Waals surface area contributed by atoms with Crippen LogP contribution >= 0.6 is 11.6 Å². The molecule has 0 atom stereocenters. The molecule has 1 amide bonds. The van der Waals surface area contributed by atoms with Crippen LogP contribution < -0.4 is 14.8 Å². The maximum atomic E-state index is 13.2. The Morgan fingerprint density at radius 1 is 1.12 bits per heavy atom. The van der Waals surface area contributed by atoms with Crippen molar-refractivity contribution in [1.29, 1.82) is 0 Å². The number of carbonyl (C=O) groups is 1. The normalized spacial score (nSPS) is 14.5. The van der Waals surface area contributed by atoms with Gasteiger partial charge in [-0.1, -0.05) is 18.0 Å². The molecule has 0 spiro atoms. The summed E-state index contributed by atoms with van der Waals surface area (Å²) < 4.78 is 38.6. The van der Waals surface area contributed by atoms with Gasteiger partial charge in [0.2, 0.25) is 10.0 Å². The van der Waals surface area contributed by atoms with E-state index in [9.17, 15) is 23.3 Å². The van der Waals surface area contributed by atoms with Crippen LogP contribution in [0.2, 0.25) is 5.02 Å². The number of nitrogens with zero attached hydrogens (tertiary/aromatic N) is 2. The van der Waals surface area contributed by atoms with Crippen LogP contribution in [0.15, 0.2) is 41.3 Å². The third-order valence-corrected chi connectivity index (χ3v) is 7.09. The van der Waals surface area contributed by atoms with Crippen molar-refractivity contribution in [2.45, 2.75) is 31.1 Å². The molecule has 1 heterocycles. The molecule has 178 valence electrons. The van der Waals surface area contributed by atoms with Gasteiger partial charge in [0.15, 0.2) is 12.4 Å². The maximum absolute atomic E-state index is 13.2. The zero-order valence-corrected chi connectivity index (χ0v) is 19.5. The van der Waals surface area contributed by atoms with Gasteiger partial charge in [0.25, 0.3) is 5.91 Å². The van der Waals surface area contributed by atoms with E-state index in [4.69, 9.17) is 21.1 Å². The SMILES string of the molecule is CCOc1ccc(NC(=O)COc2ccc(Cl)cc2[N+](=O)[O-])cc1S(=O)(=O)N1CCCCC1. The van der Waals surface area contributed by atoms with Crippen LogP contribution in [-0.2, 0) is 14.8 Å². The molecular weight excluding hydrogens is 474 g/mol. The first-order valence-corrected chi connectivity index (χ1v) is 12.2. The van der Waals surface area contributed by atoms with Crippen LogP contribution in [-0.4, -0.2) is 49.9 Å². The lowest BCUT2D eigenvalue weighted by molar-refractivity contribution is -0.385. The number of hydrogen-bond donors (Lipinski definition) is 1. The van der Waals surface area contributed by atoms with Crippen LogP contribution in [0.1, 0.15) is 26.2 Å². The molecular formula is C21H24ClN3O7S. The van der Waals surface area contributed by atoms with Gasteiger partial charge < -0.3 is 14.8 Å². The van der Waals surface area contributed by atoms with Crippen LogP contribution in [0.5, 0.6) is 11.5 Å². The number of halogens is 1. The average molecular weight is 498 g/mol. The lowest BCUT2D eigenvalue weighted by Gasteiger charge is -2.27. The highest BCUT2D eigenvalue weighted by molar-refractivity contribution is 7.89. The first-order chi connectivity index (χ1) is 15.7. The van der Waals surface area contributed by atoms with E-state index in [2.05, 4.69) is 5.32 Å². The van der Waals surface area contributed by atoms with Gasteiger partial charge in [-0.3, -0.25) is 14.9 Å². The van der Waals surface area contributed by atoms with E-state index >= 15 is 0 Å². The minimum atomic E-state index is -3.81. The smallest absolute Gasteiger partial charge is 0.312 e. The van der Waals surface area contributed by atoms with Gasteiger partial charge in [0.1, 0.15) is 10.6 Å². The molecule has 0 unspecified atom stereocenters. The first-order valence-electron chi connectivity index (χ1n) is 10.4. The highest BCUT2D eigenvalue weighted by Gasteiger charge is 2.29. The molecule has 0 radical (unpaired) electrons. The topological polar surface area (TPSA) is 128 Å². The predicted molar refractivity (Wildman–Crippen MR) is 122 cm³/mol. The standard InChI is InChI=1S/C21H24ClN3O7S/c1-2-31-19-9-7-16(13-20(19)33(29,30)24-10-4-3-5-11-24)23-21(26)14-32-18-8-6-15(22)12-17(18)25(27)28/h6-9,12-13H,2-5,10-11,14H2,1H3,(H,23,26). The fraction of sp³-hybridized carbons (Fsp3) is 0.381. The van der Waals surface area contributed by atoms with Crippen molar-refractivity contribution in [3.05, 3.63) is 51.5 Å². The number of sulfonamides is 1. The van der Waals surface area contributed by atoms with Crippen molar-refractivity contribution < 1.29 is 27.6 Å². The Bertz CT molecular complexity index is 1130. The molecule has 1 fully saturated rings. The van der Waals surface area contributed by atoms with E-state index in [0.717, 1.165) is 25.3 Å². The largest absolute Gasteiger partial charge is 0.492 e. The summed E-state index contributed by atoms with van der Waals surface area (Å²) in [5, 5.41) is 13.9. The maximum Gasteiger partial charge on any atom is 0.312 e. The zero-order chi connectivity index (χ0) is 24.0. The second-order valence-electron chi connectivity index (χ2n) is 7.27. The first kappa shape index (κ1) is 24.7. The van der Waals surface area contributed by atoms with Gasteiger partial charge in [0, 0.05) is 29.9 Å². The number of rotatable bonds is 9. The van der Waals surface area contributed by atoms with E-state index in [-0.39, 0.29) is 39.4 Å². The van der Waals surface area contributed by atoms with Gasteiger partial charge in [-0.05, 0) is 50.1 Å². The number of benzene rings is 2. The van der Waals surface area contributed by atoms with Crippen molar-refractivity contribution in [2.24, 2.45) is 0 Å². The van der Waals surface area contributed by atoms with E-state index in [1.165, 1.54) is 34.6 Å². The fourth-order valence-electron chi connectivity index (χ4n) is 3.40. The van der Waals surface area contributed by atoms with Crippen molar-refractivity contribution in [3.8, 4) is 11.5 Å². The summed E-state index contributed by atoms with van der Waals surface area (Å²) in [6.45, 7) is 2.36. The predicted octanol–water partition coefficient (Wildman–Crippen LogP) is 3.84. The molecule has 12 heteroatoms. The minimum Gasteiger partial charge on any atom is -0.492 e. The second-order valence-corrected chi connectivity index (χ2v) is 9.61. The molecule has 1 N–H and O–H groups in total. The summed E-state index contributed by atoms with van der Waals surface area (Å²) >= 11 is 5.77. The van der Waals surface area contributed by atoms with Gasteiger partial charge >= 0.3 is 5.69 Å². The second kappa shape index (κ2) is 10.8. The molecule has 2 aromatic carbocycles. The summed E-state index contributed by atoms with van der Waals surface area (Å²) in [4.78, 5) is 22.8. The molecule has 1 aliphatic rings. The van der Waals surface area contributed by atoms with Gasteiger partial charge in [-0.25, -0.2) is 8.42 Å². The van der Waals surface area contributed by atoms with Crippen molar-refractivity contribution >= 4 is 38.9 Å². The van der Waals surface area contributed by atoms with E-state index in [0.29, 0.717) is 13.1 Å². The summed E-state index contributed by atoms with van der Waals surface area (Å²) in [5.41, 5.74) is -0.139. The van der Waals surface area contributed by atoms with E-state index in [1.807, 2.05) is 0 Å². The summed E-state index contributed by atoms with van der Waals surface area (Å²) in [6, 6.07) is 8.18. The van der Waals surface area contributed by atoms with E-state index < -0.39 is 27.5 Å². The van der Waals surface area contributed by atoms with Gasteiger partial charge in [0.05, 0.1) is 11.5 Å². The molecule has 0 saturated carbocycles. The number of nitro groups is 1. The molecule has 0 aromatic heterocycles. The molecule has 0 aliphatic carbocycles. The lowest BCUT2D eigenvalue weighted by atomic mass is 10.2. The van der Waals surface area contributed by atoms with Crippen molar-refractivity contribution in [2.75, 3.05) is 31.6 Å². The van der Waals surface area contributed by atoms with Crippen LogP contribution in [0.3, 0.4) is 0 Å². The quantitative estimate of drug-likeness (QED) is 0.411. The molecule has 1 aliphatic heterocycles. The zero-order valence-electron chi connectivity index (χ0n) is 18.0. The Morgan fingerprint density at radius 3 is 2.48 bits per heavy atom. The molecule has 2 aromatic rings. The van der Waals surface area contributed by atoms with Crippen LogP contribution in [0.25, 0.3) is 0 Å². The summed E-state index contributed by atoms with van der Waals surface area (Å²) in [5.74, 6) is -0.529. The number of nitrogens with one attached hydrogen (secondary N) is 1. The number of piperidine rings is 1. The van der Waals surface area contributed by atoms with Crippen molar-refractivity contribution in [3.63, 3.8) is 0 Å². The number of amides is 1. The summed E-state index contributed by atoms with van der Waals surface area (Å²) in [6.07, 6.45) is 2.55. The summed E-state index contributed by atoms with van der Waals surface area (Å²) in [7, 11) is -3.81. The molecule has 1 saturated heterocycles. The fourth-order valence-corrected chi connectivity index (χ4v) is 5.24. The Kier molecular flexibility index (Phi) is 8.11. The molecule has 33 heavy (non-hydrogen) atoms. The highest BCUT2D eigenvalue weighted by Crippen LogP contribution is 2.32. The van der Waals surface area contributed by atoms with Crippen LogP contribution in [0.4, 0.5) is 11.4 Å². The Labute approximate surface area is 196 Å². The molecule has 10 nitrogen and oxygen atoms in total. The van der Waals surface area contributed by atoms with E-state index in [1.54, 1.807) is 6.92 Å². The highest BCUT2D eigenvalue weighted by atomic mass is 35.5. The van der Waals surface area contributed by atoms with Gasteiger partial charge in [-0.15, -0.1) is 0 Å². The van der Waals surface area contributed by atoms with Gasteiger partial charge in [-0.2, -0.15) is 4.31 Å². The Morgan fingerprint density at radius 2 is 1.82 bits per heavy atom. The molecule has 0 bridgehead atoms. The third-order valence-electron chi connectivity index (χ3n) is 4.94. The molecule has 3 rings (SSSR count). The number of carbonyl (C=O) groups excluding carboxylic acids is 1. The third kappa shape index (κ3) is 6.12. The average Bonchev–Trinajstić information content (AvgIpc) is 2.79. The number of hydrogen-bond acceptors (Lipinski definition) is 7. The minimum absolute atomic E-state index is 0.0293. The number of nitro benzene ring substituents is 1. The van der Waals surface area contributed by atoms with Crippen molar-refractivity contribution in [1.82, 2.24) is 4.31 Å². The number of ether oxygens (including phenoxy) is 2.